The van der Waals surface area contributed by atoms with E-state index in [4.69, 9.17) is 0 Å². The summed E-state index contributed by atoms with van der Waals surface area (Å²) in [7, 11) is -4.43. The standard InChI is InChI=1S/C24H19F7N4O3S/c25-15-2-4-16(5-3-15)39(37,38)35-8-7-17(21(27)28)20(35)22(36)32-10-13-1-6-19(26)18(9-13)14-11-33-23(34-12-14)24(29,30)31/h1-6,9,11-12,17,20-21H,7-8,10H2,(H,32,36)/t17-,20-/m0/s1. The lowest BCUT2D eigenvalue weighted by Gasteiger charge is -2.26. The van der Waals surface area contributed by atoms with Crippen LogP contribution < -0.4 is 5.32 Å². The molecule has 1 aliphatic rings. The van der Waals surface area contributed by atoms with Crippen molar-refractivity contribution in [2.24, 2.45) is 5.92 Å². The molecule has 1 amide bonds. The second kappa shape index (κ2) is 10.9. The van der Waals surface area contributed by atoms with Gasteiger partial charge in [0.1, 0.15) is 17.7 Å². The van der Waals surface area contributed by atoms with Gasteiger partial charge < -0.3 is 5.32 Å². The number of sulfonamides is 1. The number of hydrogen-bond acceptors (Lipinski definition) is 5. The number of halogens is 7. The molecule has 3 aromatic rings. The Morgan fingerprint density at radius 1 is 1.05 bits per heavy atom. The van der Waals surface area contributed by atoms with Crippen LogP contribution in [-0.2, 0) is 27.5 Å². The second-order valence-electron chi connectivity index (χ2n) is 8.63. The van der Waals surface area contributed by atoms with Gasteiger partial charge in [-0.15, -0.1) is 0 Å². The van der Waals surface area contributed by atoms with E-state index in [1.807, 2.05) is 0 Å². The van der Waals surface area contributed by atoms with Crippen LogP contribution in [0.1, 0.15) is 17.8 Å². The van der Waals surface area contributed by atoms with E-state index in [1.165, 1.54) is 12.1 Å². The van der Waals surface area contributed by atoms with Gasteiger partial charge in [-0.3, -0.25) is 4.79 Å². The van der Waals surface area contributed by atoms with Gasteiger partial charge in [0.05, 0.1) is 4.90 Å². The number of amides is 1. The zero-order chi connectivity index (χ0) is 28.5. The maximum absolute atomic E-state index is 14.4. The molecule has 0 radical (unpaired) electrons. The SMILES string of the molecule is O=C(NCc1ccc(F)c(-c2cnc(C(F)(F)F)nc2)c1)[C@@H]1[C@@H](C(F)F)CCN1S(=O)(=O)c1ccc(F)cc1. The van der Waals surface area contributed by atoms with E-state index in [0.717, 1.165) is 42.7 Å². The average Bonchev–Trinajstić information content (AvgIpc) is 3.35. The lowest BCUT2D eigenvalue weighted by atomic mass is 10.0. The maximum Gasteiger partial charge on any atom is 0.451 e. The van der Waals surface area contributed by atoms with Crippen molar-refractivity contribution in [3.05, 3.63) is 77.9 Å². The maximum atomic E-state index is 14.4. The number of benzene rings is 2. The quantitative estimate of drug-likeness (QED) is 0.421. The Bertz CT molecular complexity index is 1450. The molecule has 7 nitrogen and oxygen atoms in total. The van der Waals surface area contributed by atoms with Gasteiger partial charge >= 0.3 is 6.18 Å². The second-order valence-corrected chi connectivity index (χ2v) is 10.5. The van der Waals surface area contributed by atoms with Crippen molar-refractivity contribution in [3.8, 4) is 11.1 Å². The van der Waals surface area contributed by atoms with E-state index >= 15 is 0 Å². The fraction of sp³-hybridized carbons (Fsp3) is 0.292. The summed E-state index contributed by atoms with van der Waals surface area (Å²) in [5.41, 5.74) is -0.0275. The molecule has 0 unspecified atom stereocenters. The predicted octanol–water partition coefficient (Wildman–Crippen LogP) is 4.40. The minimum Gasteiger partial charge on any atom is -0.351 e. The summed E-state index contributed by atoms with van der Waals surface area (Å²) in [4.78, 5) is 19.0. The van der Waals surface area contributed by atoms with E-state index in [2.05, 4.69) is 15.3 Å². The third-order valence-corrected chi connectivity index (χ3v) is 8.02. The van der Waals surface area contributed by atoms with Crippen LogP contribution in [0.25, 0.3) is 11.1 Å². The first-order valence-corrected chi connectivity index (χ1v) is 12.7. The van der Waals surface area contributed by atoms with Crippen molar-refractivity contribution >= 4 is 15.9 Å². The zero-order valence-electron chi connectivity index (χ0n) is 19.7. The van der Waals surface area contributed by atoms with E-state index in [0.29, 0.717) is 4.31 Å². The summed E-state index contributed by atoms with van der Waals surface area (Å²) in [6, 6.07) is 5.35. The van der Waals surface area contributed by atoms with Gasteiger partial charge in [-0.25, -0.2) is 35.9 Å². The van der Waals surface area contributed by atoms with E-state index in [9.17, 15) is 43.9 Å². The van der Waals surface area contributed by atoms with Crippen molar-refractivity contribution in [1.82, 2.24) is 19.6 Å². The Morgan fingerprint density at radius 3 is 2.28 bits per heavy atom. The van der Waals surface area contributed by atoms with Gasteiger partial charge in [-0.1, -0.05) is 6.07 Å². The number of carbonyl (C=O) groups is 1. The minimum atomic E-state index is -4.79. The lowest BCUT2D eigenvalue weighted by molar-refractivity contribution is -0.145. The number of aromatic nitrogens is 2. The highest BCUT2D eigenvalue weighted by Crippen LogP contribution is 2.34. The summed E-state index contributed by atoms with van der Waals surface area (Å²) in [5.74, 6) is -5.60. The van der Waals surface area contributed by atoms with Crippen LogP contribution >= 0.6 is 0 Å². The van der Waals surface area contributed by atoms with Crippen LogP contribution in [0.2, 0.25) is 0 Å². The van der Waals surface area contributed by atoms with Crippen LogP contribution in [-0.4, -0.2) is 47.6 Å². The normalized spacial score (nSPS) is 18.5. The average molecular weight is 576 g/mol. The summed E-state index contributed by atoms with van der Waals surface area (Å²) in [6.45, 7) is -0.716. The molecule has 2 heterocycles. The Hall–Kier alpha value is -3.59. The van der Waals surface area contributed by atoms with E-state index < -0.39 is 58.0 Å². The number of nitrogens with zero attached hydrogens (tertiary/aromatic N) is 3. The number of rotatable bonds is 7. The third-order valence-electron chi connectivity index (χ3n) is 6.13. The number of alkyl halides is 5. The number of carbonyl (C=O) groups excluding carboxylic acids is 1. The molecular weight excluding hydrogens is 557 g/mol. The molecule has 1 saturated heterocycles. The molecule has 2 atom stereocenters. The van der Waals surface area contributed by atoms with Crippen molar-refractivity contribution in [1.29, 1.82) is 0 Å². The molecule has 39 heavy (non-hydrogen) atoms. The fourth-order valence-electron chi connectivity index (χ4n) is 4.20. The molecule has 208 valence electrons. The van der Waals surface area contributed by atoms with Gasteiger partial charge in [0, 0.05) is 42.5 Å². The molecule has 0 aliphatic carbocycles. The monoisotopic (exact) mass is 576 g/mol. The minimum absolute atomic E-state index is 0.0844. The van der Waals surface area contributed by atoms with Gasteiger partial charge in [0.15, 0.2) is 0 Å². The van der Waals surface area contributed by atoms with Gasteiger partial charge in [-0.05, 0) is 48.4 Å². The van der Waals surface area contributed by atoms with Crippen molar-refractivity contribution in [2.45, 2.75) is 36.5 Å². The lowest BCUT2D eigenvalue weighted by Crippen LogP contribution is -2.49. The van der Waals surface area contributed by atoms with Crippen LogP contribution in [0.3, 0.4) is 0 Å². The number of hydrogen-bond donors (Lipinski definition) is 1. The van der Waals surface area contributed by atoms with Gasteiger partial charge in [0.2, 0.25) is 28.2 Å². The highest BCUT2D eigenvalue weighted by Gasteiger charge is 2.49. The molecule has 2 aromatic carbocycles. The summed E-state index contributed by atoms with van der Waals surface area (Å²) < 4.78 is 120. The molecule has 1 fully saturated rings. The van der Waals surface area contributed by atoms with E-state index in [-0.39, 0.29) is 41.1 Å². The Balaban J connectivity index is 1.55. The van der Waals surface area contributed by atoms with Crippen LogP contribution in [0.15, 0.2) is 59.8 Å². The van der Waals surface area contributed by atoms with Gasteiger partial charge in [0.25, 0.3) is 0 Å². The Kier molecular flexibility index (Phi) is 7.93. The molecule has 1 N–H and O–H groups in total. The Labute approximate surface area is 217 Å². The molecular formula is C24H19F7N4O3S. The van der Waals surface area contributed by atoms with Crippen LogP contribution in [0.5, 0.6) is 0 Å². The first kappa shape index (κ1) is 28.4. The van der Waals surface area contributed by atoms with Crippen LogP contribution in [0, 0.1) is 17.6 Å². The van der Waals surface area contributed by atoms with Crippen LogP contribution in [0.4, 0.5) is 30.7 Å². The van der Waals surface area contributed by atoms with Crippen molar-refractivity contribution in [3.63, 3.8) is 0 Å². The predicted molar refractivity (Wildman–Crippen MR) is 122 cm³/mol. The summed E-state index contributed by atoms with van der Waals surface area (Å²) >= 11 is 0. The first-order valence-electron chi connectivity index (χ1n) is 11.3. The van der Waals surface area contributed by atoms with E-state index in [1.54, 1.807) is 0 Å². The molecule has 0 bridgehead atoms. The molecule has 0 spiro atoms. The number of nitrogens with one attached hydrogen (secondary N) is 1. The summed E-state index contributed by atoms with van der Waals surface area (Å²) in [5, 5.41) is 2.37. The molecule has 4 rings (SSSR count). The smallest absolute Gasteiger partial charge is 0.351 e. The Morgan fingerprint density at radius 2 is 1.69 bits per heavy atom. The first-order chi connectivity index (χ1) is 18.3. The molecule has 1 aliphatic heterocycles. The zero-order valence-corrected chi connectivity index (χ0v) is 20.5. The van der Waals surface area contributed by atoms with Crippen molar-refractivity contribution in [2.75, 3.05) is 6.54 Å². The summed E-state index contributed by atoms with van der Waals surface area (Å²) in [6.07, 6.45) is -6.56. The molecule has 15 heteroatoms. The van der Waals surface area contributed by atoms with Crippen molar-refractivity contribution < 1.29 is 43.9 Å². The third kappa shape index (κ3) is 6.03. The highest BCUT2D eigenvalue weighted by atomic mass is 32.2. The van der Waals surface area contributed by atoms with Gasteiger partial charge in [-0.2, -0.15) is 17.5 Å². The molecule has 0 saturated carbocycles. The molecule has 1 aromatic heterocycles. The largest absolute Gasteiger partial charge is 0.451 e. The highest BCUT2D eigenvalue weighted by molar-refractivity contribution is 7.89. The topological polar surface area (TPSA) is 92.3 Å². The fourth-order valence-corrected chi connectivity index (χ4v) is 5.85.